The van der Waals surface area contributed by atoms with Gasteiger partial charge in [0.05, 0.1) is 19.7 Å². The molecule has 2 aromatic rings. The molecule has 4 rings (SSSR count). The Morgan fingerprint density at radius 2 is 2.08 bits per heavy atom. The molecule has 1 amide bonds. The Morgan fingerprint density at radius 1 is 1.28 bits per heavy atom. The molecule has 5 nitrogen and oxygen atoms in total. The average Bonchev–Trinajstić information content (AvgIpc) is 3.31. The van der Waals surface area contributed by atoms with Crippen molar-refractivity contribution in [3.05, 3.63) is 48.0 Å². The number of amides is 1. The van der Waals surface area contributed by atoms with Gasteiger partial charge in [-0.25, -0.2) is 4.98 Å². The van der Waals surface area contributed by atoms with E-state index in [1.807, 2.05) is 35.5 Å². The number of hydrogen-bond acceptors (Lipinski definition) is 3. The zero-order valence-corrected chi connectivity index (χ0v) is 14.7. The number of fused-ring (bicyclic) bond motifs is 1. The van der Waals surface area contributed by atoms with E-state index in [0.717, 1.165) is 23.7 Å². The Bertz CT molecular complexity index is 749. The Balaban J connectivity index is 1.64. The summed E-state index contributed by atoms with van der Waals surface area (Å²) in [6.07, 6.45) is 9.38. The van der Waals surface area contributed by atoms with Crippen LogP contribution in [0, 0.1) is 5.92 Å². The van der Waals surface area contributed by atoms with Crippen molar-refractivity contribution in [1.29, 1.82) is 0 Å². The number of methoxy groups -OCH3 is 1. The number of aromatic nitrogens is 2. The van der Waals surface area contributed by atoms with Crippen molar-refractivity contribution in [3.63, 3.8) is 0 Å². The Morgan fingerprint density at radius 3 is 2.88 bits per heavy atom. The minimum atomic E-state index is -0.00764. The molecular formula is C20H25N3O2. The van der Waals surface area contributed by atoms with Crippen LogP contribution >= 0.6 is 0 Å². The quantitative estimate of drug-likeness (QED) is 0.856. The van der Waals surface area contributed by atoms with Crippen LogP contribution in [0.3, 0.4) is 0 Å². The van der Waals surface area contributed by atoms with Gasteiger partial charge in [-0.15, -0.1) is 0 Å². The smallest absolute Gasteiger partial charge is 0.223 e. The lowest BCUT2D eigenvalue weighted by molar-refractivity contribution is -0.137. The monoisotopic (exact) mass is 339 g/mol. The first kappa shape index (κ1) is 16.2. The van der Waals surface area contributed by atoms with E-state index in [0.29, 0.717) is 18.9 Å². The van der Waals surface area contributed by atoms with Crippen LogP contribution in [0.2, 0.25) is 0 Å². The summed E-state index contributed by atoms with van der Waals surface area (Å²) in [5.41, 5.74) is 1.07. The van der Waals surface area contributed by atoms with E-state index >= 15 is 0 Å². The van der Waals surface area contributed by atoms with Crippen LogP contribution in [0.4, 0.5) is 0 Å². The van der Waals surface area contributed by atoms with Gasteiger partial charge in [-0.2, -0.15) is 0 Å². The van der Waals surface area contributed by atoms with Crippen LogP contribution in [-0.4, -0.2) is 27.5 Å². The molecule has 1 fully saturated rings. The molecule has 1 saturated carbocycles. The van der Waals surface area contributed by atoms with Gasteiger partial charge in [0.25, 0.3) is 0 Å². The molecule has 2 aliphatic rings. The van der Waals surface area contributed by atoms with Crippen molar-refractivity contribution in [1.82, 2.24) is 14.5 Å². The lowest BCUT2D eigenvalue weighted by atomic mass is 9.98. The van der Waals surface area contributed by atoms with Crippen LogP contribution in [0.1, 0.15) is 49.5 Å². The van der Waals surface area contributed by atoms with Crippen LogP contribution < -0.4 is 4.74 Å². The average molecular weight is 339 g/mol. The minimum Gasteiger partial charge on any atom is -0.496 e. The van der Waals surface area contributed by atoms with E-state index in [-0.39, 0.29) is 11.9 Å². The number of hydrogen-bond donors (Lipinski definition) is 0. The first-order chi connectivity index (χ1) is 12.3. The van der Waals surface area contributed by atoms with Gasteiger partial charge in [-0.3, -0.25) is 4.79 Å². The van der Waals surface area contributed by atoms with Gasteiger partial charge >= 0.3 is 0 Å². The molecule has 1 aromatic heterocycles. The van der Waals surface area contributed by atoms with E-state index in [2.05, 4.69) is 15.6 Å². The van der Waals surface area contributed by atoms with Crippen LogP contribution in [-0.2, 0) is 17.9 Å². The summed E-state index contributed by atoms with van der Waals surface area (Å²) in [5, 5.41) is 0. The fraction of sp³-hybridized carbons (Fsp3) is 0.500. The Hall–Kier alpha value is -2.30. The summed E-state index contributed by atoms with van der Waals surface area (Å²) in [4.78, 5) is 19.6. The third-order valence-electron chi connectivity index (χ3n) is 5.62. The minimum absolute atomic E-state index is 0.00764. The van der Waals surface area contributed by atoms with E-state index in [4.69, 9.17) is 4.74 Å². The molecule has 2 heterocycles. The standard InChI is InChI=1S/C20H25N3O2/c1-25-18-9-5-4-8-16(18)17-13-22-11-10-21-19(22)14-23(17)20(24)12-15-6-2-3-7-15/h4-5,8-11,15,17H,2-3,6-7,12-14H2,1H3/t17-/m0/s1. The normalized spacial score (nSPS) is 20.5. The fourth-order valence-electron chi connectivity index (χ4n) is 4.25. The molecule has 1 aliphatic carbocycles. The summed E-state index contributed by atoms with van der Waals surface area (Å²) in [5.74, 6) is 2.60. The molecule has 0 bridgehead atoms. The van der Waals surface area contributed by atoms with Gasteiger partial charge in [0.15, 0.2) is 0 Å². The summed E-state index contributed by atoms with van der Waals surface area (Å²) < 4.78 is 7.72. The molecule has 0 saturated heterocycles. The first-order valence-electron chi connectivity index (χ1n) is 9.18. The highest BCUT2D eigenvalue weighted by molar-refractivity contribution is 5.77. The predicted octanol–water partition coefficient (Wildman–Crippen LogP) is 3.56. The van der Waals surface area contributed by atoms with Gasteiger partial charge in [-0.1, -0.05) is 31.0 Å². The van der Waals surface area contributed by atoms with Crippen molar-refractivity contribution >= 4 is 5.91 Å². The number of rotatable bonds is 4. The molecule has 1 aromatic carbocycles. The summed E-state index contributed by atoms with van der Waals surface area (Å²) in [7, 11) is 1.69. The highest BCUT2D eigenvalue weighted by atomic mass is 16.5. The number of para-hydroxylation sites is 1. The number of ether oxygens (including phenoxy) is 1. The molecule has 0 radical (unpaired) electrons. The molecule has 5 heteroatoms. The van der Waals surface area contributed by atoms with Crippen LogP contribution in [0.25, 0.3) is 0 Å². The molecular weight excluding hydrogens is 314 g/mol. The zero-order chi connectivity index (χ0) is 17.2. The number of carbonyl (C=O) groups excluding carboxylic acids is 1. The van der Waals surface area contributed by atoms with Crippen molar-refractivity contribution in [2.75, 3.05) is 7.11 Å². The molecule has 1 aliphatic heterocycles. The number of benzene rings is 1. The maximum atomic E-state index is 13.1. The van der Waals surface area contributed by atoms with Crippen molar-refractivity contribution in [2.45, 2.75) is 51.2 Å². The van der Waals surface area contributed by atoms with Crippen LogP contribution in [0.5, 0.6) is 5.75 Å². The van der Waals surface area contributed by atoms with Gasteiger partial charge in [0, 0.05) is 30.9 Å². The van der Waals surface area contributed by atoms with Gasteiger partial charge in [0.1, 0.15) is 11.6 Å². The van der Waals surface area contributed by atoms with Crippen LogP contribution in [0.15, 0.2) is 36.7 Å². The Kier molecular flexibility index (Phi) is 4.47. The third kappa shape index (κ3) is 3.15. The lowest BCUT2D eigenvalue weighted by Crippen LogP contribution is -2.41. The van der Waals surface area contributed by atoms with E-state index in [1.165, 1.54) is 25.7 Å². The number of imidazole rings is 1. The summed E-state index contributed by atoms with van der Waals surface area (Å²) >= 11 is 0. The fourth-order valence-corrected chi connectivity index (χ4v) is 4.25. The first-order valence-corrected chi connectivity index (χ1v) is 9.18. The zero-order valence-electron chi connectivity index (χ0n) is 14.7. The van der Waals surface area contributed by atoms with E-state index in [9.17, 15) is 4.79 Å². The second-order valence-electron chi connectivity index (χ2n) is 7.13. The highest BCUT2D eigenvalue weighted by Crippen LogP contribution is 2.36. The maximum absolute atomic E-state index is 13.1. The van der Waals surface area contributed by atoms with Gasteiger partial charge in [-0.05, 0) is 24.8 Å². The topological polar surface area (TPSA) is 47.4 Å². The molecule has 0 N–H and O–H groups in total. The third-order valence-corrected chi connectivity index (χ3v) is 5.62. The lowest BCUT2D eigenvalue weighted by Gasteiger charge is -2.37. The molecule has 132 valence electrons. The predicted molar refractivity (Wildman–Crippen MR) is 95.1 cm³/mol. The SMILES string of the molecule is COc1ccccc1[C@@H]1Cn2ccnc2CN1C(=O)CC1CCCC1. The van der Waals surface area contributed by atoms with Crippen molar-refractivity contribution < 1.29 is 9.53 Å². The van der Waals surface area contributed by atoms with E-state index in [1.54, 1.807) is 7.11 Å². The molecule has 0 spiro atoms. The highest BCUT2D eigenvalue weighted by Gasteiger charge is 2.34. The number of carbonyl (C=O) groups is 1. The molecule has 25 heavy (non-hydrogen) atoms. The molecule has 0 unspecified atom stereocenters. The van der Waals surface area contributed by atoms with Gasteiger partial charge in [0.2, 0.25) is 5.91 Å². The summed E-state index contributed by atoms with van der Waals surface area (Å²) in [6.45, 7) is 1.30. The van der Waals surface area contributed by atoms with Crippen molar-refractivity contribution in [3.8, 4) is 5.75 Å². The largest absolute Gasteiger partial charge is 0.496 e. The van der Waals surface area contributed by atoms with Crippen molar-refractivity contribution in [2.24, 2.45) is 5.92 Å². The van der Waals surface area contributed by atoms with E-state index < -0.39 is 0 Å². The Labute approximate surface area is 148 Å². The maximum Gasteiger partial charge on any atom is 0.223 e. The second-order valence-corrected chi connectivity index (χ2v) is 7.13. The number of nitrogens with zero attached hydrogens (tertiary/aromatic N) is 3. The molecule has 1 atom stereocenters. The second kappa shape index (κ2) is 6.90. The van der Waals surface area contributed by atoms with Gasteiger partial charge < -0.3 is 14.2 Å². The summed E-state index contributed by atoms with van der Waals surface area (Å²) in [6, 6.07) is 8.02.